The van der Waals surface area contributed by atoms with Crippen molar-refractivity contribution in [3.8, 4) is 11.5 Å². The average Bonchev–Trinajstić information content (AvgIpc) is 2.35. The molecule has 0 bridgehead atoms. The summed E-state index contributed by atoms with van der Waals surface area (Å²) in [6, 6.07) is 3.76. The fourth-order valence-corrected chi connectivity index (χ4v) is 1.89. The molecule has 0 spiro atoms. The number of methoxy groups -OCH3 is 1. The van der Waals surface area contributed by atoms with Gasteiger partial charge in [0.05, 0.1) is 12.3 Å². The first-order valence-electron chi connectivity index (χ1n) is 5.33. The number of H-pyrrole nitrogens is 1. The number of nitrogens with one attached hydrogen (secondary N) is 1. The Kier molecular flexibility index (Phi) is 3.88. The van der Waals surface area contributed by atoms with Gasteiger partial charge in [0.15, 0.2) is 5.82 Å². The molecule has 0 aliphatic carbocycles. The van der Waals surface area contributed by atoms with Crippen molar-refractivity contribution >= 4 is 15.9 Å². The lowest BCUT2D eigenvalue weighted by atomic mass is 10.2. The number of rotatable bonds is 3. The van der Waals surface area contributed by atoms with Gasteiger partial charge in [0, 0.05) is 13.3 Å². The second-order valence-corrected chi connectivity index (χ2v) is 4.57. The second-order valence-electron chi connectivity index (χ2n) is 3.78. The van der Waals surface area contributed by atoms with Gasteiger partial charge in [0.25, 0.3) is 5.56 Å². The molecule has 0 aromatic carbocycles. The number of hydrogen-bond donors (Lipinski definition) is 1. The molecule has 94 valence electrons. The predicted molar refractivity (Wildman–Crippen MR) is 71.2 cm³/mol. The minimum absolute atomic E-state index is 0.239. The summed E-state index contributed by atoms with van der Waals surface area (Å²) in [5.41, 5.74) is 1.93. The minimum Gasteiger partial charge on any atom is -0.378 e. The Morgan fingerprint density at radius 3 is 2.94 bits per heavy atom. The highest BCUT2D eigenvalue weighted by Gasteiger charge is 2.12. The molecule has 0 aliphatic heterocycles. The molecular weight excluding hydrogens is 298 g/mol. The highest BCUT2D eigenvalue weighted by Crippen LogP contribution is 2.18. The zero-order valence-electron chi connectivity index (χ0n) is 10.0. The van der Waals surface area contributed by atoms with Gasteiger partial charge in [0.2, 0.25) is 0 Å². The Morgan fingerprint density at radius 1 is 1.50 bits per heavy atom. The maximum Gasteiger partial charge on any atom is 0.265 e. The van der Waals surface area contributed by atoms with Crippen molar-refractivity contribution in [3.05, 3.63) is 44.4 Å². The van der Waals surface area contributed by atoms with Crippen molar-refractivity contribution in [1.29, 1.82) is 0 Å². The summed E-state index contributed by atoms with van der Waals surface area (Å²) in [6.07, 6.45) is 1.67. The van der Waals surface area contributed by atoms with Crippen LogP contribution in [0.5, 0.6) is 0 Å². The van der Waals surface area contributed by atoms with Gasteiger partial charge in [-0.25, -0.2) is 4.98 Å². The van der Waals surface area contributed by atoms with E-state index in [1.54, 1.807) is 13.3 Å². The number of aromatic amines is 1. The molecule has 6 heteroatoms. The molecular formula is C12H12BrN3O2. The van der Waals surface area contributed by atoms with Gasteiger partial charge >= 0.3 is 0 Å². The van der Waals surface area contributed by atoms with E-state index in [4.69, 9.17) is 4.74 Å². The molecule has 18 heavy (non-hydrogen) atoms. The maximum absolute atomic E-state index is 11.8. The van der Waals surface area contributed by atoms with E-state index in [2.05, 4.69) is 30.9 Å². The molecule has 0 saturated heterocycles. The van der Waals surface area contributed by atoms with E-state index in [1.807, 2.05) is 19.1 Å². The van der Waals surface area contributed by atoms with E-state index >= 15 is 0 Å². The molecule has 0 amide bonds. The third kappa shape index (κ3) is 2.49. The lowest BCUT2D eigenvalue weighted by Crippen LogP contribution is -2.14. The second kappa shape index (κ2) is 5.41. The van der Waals surface area contributed by atoms with Crippen LogP contribution in [0.15, 0.2) is 27.6 Å². The van der Waals surface area contributed by atoms with Gasteiger partial charge in [-0.15, -0.1) is 0 Å². The first-order valence-corrected chi connectivity index (χ1v) is 6.12. The van der Waals surface area contributed by atoms with Crippen LogP contribution in [0.2, 0.25) is 0 Å². The third-order valence-corrected chi connectivity index (χ3v) is 3.26. The first kappa shape index (κ1) is 12.9. The Morgan fingerprint density at radius 2 is 2.28 bits per heavy atom. The van der Waals surface area contributed by atoms with Crippen LogP contribution in [0, 0.1) is 6.92 Å². The smallest absolute Gasteiger partial charge is 0.265 e. The SMILES string of the molecule is COCc1nc(-c2ncccc2C)[nH]c(=O)c1Br. The van der Waals surface area contributed by atoms with E-state index in [9.17, 15) is 4.79 Å². The Bertz CT molecular complexity index is 625. The molecule has 0 atom stereocenters. The highest BCUT2D eigenvalue weighted by atomic mass is 79.9. The molecule has 0 radical (unpaired) electrons. The minimum atomic E-state index is -0.239. The fraction of sp³-hybridized carbons (Fsp3) is 0.250. The zero-order chi connectivity index (χ0) is 13.1. The summed E-state index contributed by atoms with van der Waals surface area (Å²) < 4.78 is 5.41. The van der Waals surface area contributed by atoms with Gasteiger partial charge in [-0.05, 0) is 34.5 Å². The topological polar surface area (TPSA) is 67.9 Å². The maximum atomic E-state index is 11.8. The van der Waals surface area contributed by atoms with Crippen LogP contribution < -0.4 is 5.56 Å². The zero-order valence-corrected chi connectivity index (χ0v) is 11.6. The fourth-order valence-electron chi connectivity index (χ4n) is 1.58. The van der Waals surface area contributed by atoms with Crippen molar-refractivity contribution in [1.82, 2.24) is 15.0 Å². The van der Waals surface area contributed by atoms with Crippen LogP contribution in [0.3, 0.4) is 0 Å². The van der Waals surface area contributed by atoms with Crippen LogP contribution in [-0.2, 0) is 11.3 Å². The lowest BCUT2D eigenvalue weighted by Gasteiger charge is -2.07. The average molecular weight is 310 g/mol. The first-order chi connectivity index (χ1) is 8.63. The van der Waals surface area contributed by atoms with Gasteiger partial charge in [-0.2, -0.15) is 0 Å². The van der Waals surface area contributed by atoms with Gasteiger partial charge in [-0.1, -0.05) is 6.07 Å². The van der Waals surface area contributed by atoms with Crippen molar-refractivity contribution in [2.24, 2.45) is 0 Å². The molecule has 2 aromatic heterocycles. The summed E-state index contributed by atoms with van der Waals surface area (Å²) in [5, 5.41) is 0. The van der Waals surface area contributed by atoms with Crippen LogP contribution in [0.4, 0.5) is 0 Å². The number of halogens is 1. The molecule has 0 saturated carbocycles. The summed E-state index contributed by atoms with van der Waals surface area (Å²) in [7, 11) is 1.56. The normalized spacial score (nSPS) is 10.6. The Hall–Kier alpha value is -1.53. The Labute approximate surface area is 112 Å². The van der Waals surface area contributed by atoms with Crippen molar-refractivity contribution < 1.29 is 4.74 Å². The lowest BCUT2D eigenvalue weighted by molar-refractivity contribution is 0.180. The number of pyridine rings is 1. The highest BCUT2D eigenvalue weighted by molar-refractivity contribution is 9.10. The summed E-state index contributed by atoms with van der Waals surface area (Å²) in [5.74, 6) is 0.452. The van der Waals surface area contributed by atoms with Gasteiger partial charge in [-0.3, -0.25) is 9.78 Å². The third-order valence-electron chi connectivity index (χ3n) is 2.45. The van der Waals surface area contributed by atoms with Crippen LogP contribution in [0.1, 0.15) is 11.3 Å². The number of ether oxygens (including phenoxy) is 1. The molecule has 2 aromatic rings. The van der Waals surface area contributed by atoms with E-state index in [1.165, 1.54) is 0 Å². The number of aromatic nitrogens is 3. The van der Waals surface area contributed by atoms with E-state index in [0.717, 1.165) is 5.56 Å². The van der Waals surface area contributed by atoms with Crippen LogP contribution in [-0.4, -0.2) is 22.1 Å². The molecule has 0 aliphatic rings. The molecule has 5 nitrogen and oxygen atoms in total. The van der Waals surface area contributed by atoms with Crippen LogP contribution in [0.25, 0.3) is 11.5 Å². The monoisotopic (exact) mass is 309 g/mol. The quantitative estimate of drug-likeness (QED) is 0.942. The van der Waals surface area contributed by atoms with Gasteiger partial charge in [0.1, 0.15) is 10.2 Å². The van der Waals surface area contributed by atoms with E-state index < -0.39 is 0 Å². The largest absolute Gasteiger partial charge is 0.378 e. The molecule has 1 N–H and O–H groups in total. The number of aryl methyl sites for hydroxylation is 1. The van der Waals surface area contributed by atoms with Crippen LogP contribution >= 0.6 is 15.9 Å². The summed E-state index contributed by atoms with van der Waals surface area (Å²) in [6.45, 7) is 2.18. The number of nitrogens with zero attached hydrogens (tertiary/aromatic N) is 2. The van der Waals surface area contributed by atoms with Crippen molar-refractivity contribution in [3.63, 3.8) is 0 Å². The van der Waals surface area contributed by atoms with E-state index in [0.29, 0.717) is 21.7 Å². The summed E-state index contributed by atoms with van der Waals surface area (Å²) >= 11 is 3.20. The summed E-state index contributed by atoms with van der Waals surface area (Å²) in [4.78, 5) is 23.1. The number of hydrogen-bond acceptors (Lipinski definition) is 4. The molecule has 2 heterocycles. The van der Waals surface area contributed by atoms with E-state index in [-0.39, 0.29) is 12.2 Å². The van der Waals surface area contributed by atoms with Crippen molar-refractivity contribution in [2.45, 2.75) is 13.5 Å². The van der Waals surface area contributed by atoms with Crippen molar-refractivity contribution in [2.75, 3.05) is 7.11 Å². The molecule has 0 unspecified atom stereocenters. The molecule has 0 fully saturated rings. The Balaban J connectivity index is 2.59. The standard InChI is InChI=1S/C12H12BrN3O2/c1-7-4-3-5-14-10(7)11-15-8(6-18-2)9(13)12(17)16-11/h3-5H,6H2,1-2H3,(H,15,16,17). The predicted octanol–water partition coefficient (Wildman–Crippen LogP) is 2.05. The van der Waals surface area contributed by atoms with Gasteiger partial charge < -0.3 is 9.72 Å². The molecule has 2 rings (SSSR count).